The predicted molar refractivity (Wildman–Crippen MR) is 80.9 cm³/mol. The van der Waals surface area contributed by atoms with Gasteiger partial charge in [0.25, 0.3) is 0 Å². The van der Waals surface area contributed by atoms with E-state index in [1.807, 2.05) is 6.07 Å². The van der Waals surface area contributed by atoms with E-state index in [1.165, 1.54) is 22.3 Å². The number of rotatable bonds is 5. The van der Waals surface area contributed by atoms with E-state index in [9.17, 15) is 4.39 Å². The summed E-state index contributed by atoms with van der Waals surface area (Å²) in [7, 11) is 0. The van der Waals surface area contributed by atoms with Gasteiger partial charge in [0, 0.05) is 6.54 Å². The molecule has 1 atom stereocenters. The standard InChI is InChI=1S/C16H17FN4/c1-12(13-5-3-2-4-6-13)9-10-18-16-19-15-8-7-14(17)11-21(15)20-16/h2-8,11-12H,9-10H2,1H3,(H,18,20). The van der Waals surface area contributed by atoms with Crippen LogP contribution in [0.15, 0.2) is 48.7 Å². The number of fused-ring (bicyclic) bond motifs is 1. The second-order valence-electron chi connectivity index (χ2n) is 5.11. The van der Waals surface area contributed by atoms with E-state index in [1.54, 1.807) is 6.07 Å². The molecule has 21 heavy (non-hydrogen) atoms. The molecule has 0 amide bonds. The van der Waals surface area contributed by atoms with E-state index >= 15 is 0 Å². The molecular weight excluding hydrogens is 267 g/mol. The minimum Gasteiger partial charge on any atom is -0.353 e. The van der Waals surface area contributed by atoms with Gasteiger partial charge in [-0.3, -0.25) is 0 Å². The van der Waals surface area contributed by atoms with Crippen molar-refractivity contribution in [3.05, 3.63) is 60.0 Å². The summed E-state index contributed by atoms with van der Waals surface area (Å²) in [5.74, 6) is 0.672. The lowest BCUT2D eigenvalue weighted by molar-refractivity contribution is 0.614. The first kappa shape index (κ1) is 13.5. The molecule has 5 heteroatoms. The molecule has 1 aromatic carbocycles. The lowest BCUT2D eigenvalue weighted by Crippen LogP contribution is -2.07. The Kier molecular flexibility index (Phi) is 3.81. The first-order chi connectivity index (χ1) is 10.2. The van der Waals surface area contributed by atoms with Gasteiger partial charge >= 0.3 is 0 Å². The summed E-state index contributed by atoms with van der Waals surface area (Å²) in [5.41, 5.74) is 1.96. The summed E-state index contributed by atoms with van der Waals surface area (Å²) in [5, 5.41) is 7.39. The molecule has 0 radical (unpaired) electrons. The molecule has 1 unspecified atom stereocenters. The lowest BCUT2D eigenvalue weighted by Gasteiger charge is -2.11. The van der Waals surface area contributed by atoms with E-state index in [0.29, 0.717) is 17.5 Å². The van der Waals surface area contributed by atoms with E-state index in [2.05, 4.69) is 46.6 Å². The van der Waals surface area contributed by atoms with Crippen LogP contribution in [0.2, 0.25) is 0 Å². The maximum atomic E-state index is 13.1. The molecule has 3 rings (SSSR count). The van der Waals surface area contributed by atoms with E-state index in [0.717, 1.165) is 13.0 Å². The van der Waals surface area contributed by atoms with E-state index in [-0.39, 0.29) is 5.82 Å². The van der Waals surface area contributed by atoms with Crippen molar-refractivity contribution in [3.63, 3.8) is 0 Å². The largest absolute Gasteiger partial charge is 0.353 e. The summed E-state index contributed by atoms with van der Waals surface area (Å²) in [6.45, 7) is 2.97. The molecule has 0 aliphatic rings. The number of hydrogen-bond donors (Lipinski definition) is 1. The SMILES string of the molecule is CC(CCNc1nc2ccc(F)cn2n1)c1ccccc1. The molecule has 2 heterocycles. The van der Waals surface area contributed by atoms with Crippen LogP contribution in [0.5, 0.6) is 0 Å². The molecule has 0 spiro atoms. The van der Waals surface area contributed by atoms with Crippen LogP contribution in [-0.4, -0.2) is 21.1 Å². The number of benzene rings is 1. The Morgan fingerprint density at radius 1 is 1.19 bits per heavy atom. The average Bonchev–Trinajstić information content (AvgIpc) is 2.89. The van der Waals surface area contributed by atoms with Gasteiger partial charge in [-0.25, -0.2) is 8.91 Å². The van der Waals surface area contributed by atoms with Crippen molar-refractivity contribution >= 4 is 11.6 Å². The Morgan fingerprint density at radius 2 is 2.00 bits per heavy atom. The number of aromatic nitrogens is 3. The number of pyridine rings is 1. The van der Waals surface area contributed by atoms with Crippen molar-refractivity contribution < 1.29 is 4.39 Å². The molecule has 3 aromatic rings. The summed E-state index contributed by atoms with van der Waals surface area (Å²) in [6.07, 6.45) is 2.30. The zero-order chi connectivity index (χ0) is 14.7. The van der Waals surface area contributed by atoms with E-state index < -0.39 is 0 Å². The molecule has 0 aliphatic heterocycles. The van der Waals surface area contributed by atoms with Gasteiger partial charge in [0.05, 0.1) is 6.20 Å². The Hall–Kier alpha value is -2.43. The Morgan fingerprint density at radius 3 is 2.81 bits per heavy atom. The topological polar surface area (TPSA) is 42.2 Å². The van der Waals surface area contributed by atoms with Crippen molar-refractivity contribution in [2.75, 3.05) is 11.9 Å². The van der Waals surface area contributed by atoms with Gasteiger partial charge < -0.3 is 5.32 Å². The fourth-order valence-corrected chi connectivity index (χ4v) is 2.28. The molecule has 0 saturated carbocycles. The highest BCUT2D eigenvalue weighted by atomic mass is 19.1. The quantitative estimate of drug-likeness (QED) is 0.780. The summed E-state index contributed by atoms with van der Waals surface area (Å²) in [6, 6.07) is 13.4. The summed E-state index contributed by atoms with van der Waals surface area (Å²) in [4.78, 5) is 4.30. The fraction of sp³-hybridized carbons (Fsp3) is 0.250. The number of nitrogens with zero attached hydrogens (tertiary/aromatic N) is 3. The number of nitrogens with one attached hydrogen (secondary N) is 1. The molecule has 0 bridgehead atoms. The smallest absolute Gasteiger partial charge is 0.243 e. The minimum absolute atomic E-state index is 0.323. The summed E-state index contributed by atoms with van der Waals surface area (Å²) >= 11 is 0. The maximum absolute atomic E-state index is 13.1. The number of hydrogen-bond acceptors (Lipinski definition) is 3. The summed E-state index contributed by atoms with van der Waals surface area (Å²) < 4.78 is 14.5. The molecule has 4 nitrogen and oxygen atoms in total. The monoisotopic (exact) mass is 284 g/mol. The van der Waals surface area contributed by atoms with Crippen LogP contribution in [0.1, 0.15) is 24.8 Å². The van der Waals surface area contributed by atoms with Crippen molar-refractivity contribution in [1.29, 1.82) is 0 Å². The fourth-order valence-electron chi connectivity index (χ4n) is 2.28. The van der Waals surface area contributed by atoms with Crippen LogP contribution < -0.4 is 5.32 Å². The second kappa shape index (κ2) is 5.91. The third-order valence-electron chi connectivity index (χ3n) is 3.52. The van der Waals surface area contributed by atoms with Crippen LogP contribution in [0.3, 0.4) is 0 Å². The highest BCUT2D eigenvalue weighted by Gasteiger charge is 2.07. The first-order valence-corrected chi connectivity index (χ1v) is 7.03. The third-order valence-corrected chi connectivity index (χ3v) is 3.52. The number of halogens is 1. The van der Waals surface area contributed by atoms with Crippen LogP contribution in [0, 0.1) is 5.82 Å². The molecule has 0 fully saturated rings. The zero-order valence-electron chi connectivity index (χ0n) is 11.8. The Bertz CT molecular complexity index is 723. The average molecular weight is 284 g/mol. The predicted octanol–water partition coefficient (Wildman–Crippen LogP) is 3.47. The van der Waals surface area contributed by atoms with Gasteiger partial charge in [0.15, 0.2) is 5.65 Å². The van der Waals surface area contributed by atoms with Gasteiger partial charge in [0.2, 0.25) is 5.95 Å². The van der Waals surface area contributed by atoms with Gasteiger partial charge in [0.1, 0.15) is 5.82 Å². The number of anilines is 1. The minimum atomic E-state index is -0.323. The maximum Gasteiger partial charge on any atom is 0.243 e. The van der Waals surface area contributed by atoms with Crippen molar-refractivity contribution in [2.24, 2.45) is 0 Å². The molecule has 0 saturated heterocycles. The van der Waals surface area contributed by atoms with Crippen molar-refractivity contribution in [2.45, 2.75) is 19.3 Å². The normalized spacial score (nSPS) is 12.5. The van der Waals surface area contributed by atoms with Gasteiger partial charge in [-0.1, -0.05) is 37.3 Å². The molecular formula is C16H17FN4. The molecule has 0 aliphatic carbocycles. The van der Waals surface area contributed by atoms with E-state index in [4.69, 9.17) is 0 Å². The second-order valence-corrected chi connectivity index (χ2v) is 5.11. The van der Waals surface area contributed by atoms with Crippen molar-refractivity contribution in [3.8, 4) is 0 Å². The molecule has 2 aromatic heterocycles. The van der Waals surface area contributed by atoms with Gasteiger partial charge in [-0.15, -0.1) is 5.10 Å². The molecule has 108 valence electrons. The van der Waals surface area contributed by atoms with Crippen LogP contribution in [-0.2, 0) is 0 Å². The van der Waals surface area contributed by atoms with Crippen LogP contribution >= 0.6 is 0 Å². The molecule has 1 N–H and O–H groups in total. The van der Waals surface area contributed by atoms with Crippen LogP contribution in [0.4, 0.5) is 10.3 Å². The first-order valence-electron chi connectivity index (χ1n) is 7.03. The lowest BCUT2D eigenvalue weighted by atomic mass is 9.98. The Balaban J connectivity index is 1.59. The Labute approximate surface area is 122 Å². The van der Waals surface area contributed by atoms with Crippen LogP contribution in [0.25, 0.3) is 5.65 Å². The third kappa shape index (κ3) is 3.18. The van der Waals surface area contributed by atoms with Gasteiger partial charge in [-0.2, -0.15) is 4.98 Å². The zero-order valence-corrected chi connectivity index (χ0v) is 11.8. The van der Waals surface area contributed by atoms with Gasteiger partial charge in [-0.05, 0) is 30.0 Å². The highest BCUT2D eigenvalue weighted by Crippen LogP contribution is 2.18. The van der Waals surface area contributed by atoms with Crippen molar-refractivity contribution in [1.82, 2.24) is 14.6 Å². The highest BCUT2D eigenvalue weighted by molar-refractivity contribution is 5.43.